The van der Waals surface area contributed by atoms with Gasteiger partial charge in [-0.2, -0.15) is 0 Å². The molecule has 1 aliphatic rings. The van der Waals surface area contributed by atoms with E-state index in [-0.39, 0.29) is 5.41 Å². The molecular formula is C24H33N. The Balaban J connectivity index is 2.00. The standard InChI is InChI=1S/C24H33N/c1-3-17-24(22-13-7-4-8-14-22,23-15-9-5-10-16-23)21(2)20-25-18-11-6-12-19-25/h4-5,7-10,13-16,21H,3,6,11-12,17-20H2,1-2H3. The molecule has 1 fully saturated rings. The van der Waals surface area contributed by atoms with E-state index in [0.29, 0.717) is 5.92 Å². The molecule has 1 nitrogen and oxygen atoms in total. The second-order valence-corrected chi connectivity index (χ2v) is 7.72. The van der Waals surface area contributed by atoms with Gasteiger partial charge in [0, 0.05) is 12.0 Å². The summed E-state index contributed by atoms with van der Waals surface area (Å²) in [7, 11) is 0. The van der Waals surface area contributed by atoms with Gasteiger partial charge in [0.25, 0.3) is 0 Å². The highest BCUT2D eigenvalue weighted by Crippen LogP contribution is 2.43. The van der Waals surface area contributed by atoms with Gasteiger partial charge >= 0.3 is 0 Å². The van der Waals surface area contributed by atoms with Gasteiger partial charge in [-0.15, -0.1) is 0 Å². The van der Waals surface area contributed by atoms with Crippen LogP contribution in [0.4, 0.5) is 0 Å². The van der Waals surface area contributed by atoms with E-state index < -0.39 is 0 Å². The molecule has 134 valence electrons. The molecule has 0 spiro atoms. The molecule has 3 rings (SSSR count). The molecule has 2 aromatic carbocycles. The molecular weight excluding hydrogens is 302 g/mol. The molecule has 0 bridgehead atoms. The van der Waals surface area contributed by atoms with Crippen LogP contribution >= 0.6 is 0 Å². The van der Waals surface area contributed by atoms with E-state index in [1.54, 1.807) is 0 Å². The molecule has 1 saturated heterocycles. The maximum absolute atomic E-state index is 2.70. The normalized spacial score (nSPS) is 17.4. The first-order valence-electron chi connectivity index (χ1n) is 10.1. The molecule has 1 unspecified atom stereocenters. The van der Waals surface area contributed by atoms with Crippen LogP contribution in [0.15, 0.2) is 60.7 Å². The number of likely N-dealkylation sites (tertiary alicyclic amines) is 1. The highest BCUT2D eigenvalue weighted by Gasteiger charge is 2.39. The van der Waals surface area contributed by atoms with E-state index in [1.807, 2.05) is 0 Å². The summed E-state index contributed by atoms with van der Waals surface area (Å²) in [5.74, 6) is 0.593. The first-order valence-corrected chi connectivity index (χ1v) is 10.1. The Morgan fingerprint density at radius 1 is 0.840 bits per heavy atom. The zero-order chi connectivity index (χ0) is 17.5. The number of hydrogen-bond acceptors (Lipinski definition) is 1. The summed E-state index contributed by atoms with van der Waals surface area (Å²) < 4.78 is 0. The third-order valence-electron chi connectivity index (χ3n) is 6.04. The van der Waals surface area contributed by atoms with Crippen LogP contribution in [0, 0.1) is 5.92 Å². The van der Waals surface area contributed by atoms with Gasteiger partial charge in [0.1, 0.15) is 0 Å². The van der Waals surface area contributed by atoms with E-state index in [4.69, 9.17) is 0 Å². The first-order chi connectivity index (χ1) is 12.3. The fourth-order valence-electron chi connectivity index (χ4n) is 4.82. The molecule has 0 aliphatic carbocycles. The van der Waals surface area contributed by atoms with E-state index in [2.05, 4.69) is 79.4 Å². The Bertz CT molecular complexity index is 574. The summed E-state index contributed by atoms with van der Waals surface area (Å²) in [5, 5.41) is 0. The molecule has 1 heterocycles. The van der Waals surface area contributed by atoms with Gasteiger partial charge in [0.05, 0.1) is 0 Å². The molecule has 25 heavy (non-hydrogen) atoms. The van der Waals surface area contributed by atoms with Crippen molar-refractivity contribution in [2.24, 2.45) is 5.92 Å². The van der Waals surface area contributed by atoms with Gasteiger partial charge in [-0.3, -0.25) is 0 Å². The summed E-state index contributed by atoms with van der Waals surface area (Å²) in [4.78, 5) is 2.70. The number of piperidine rings is 1. The monoisotopic (exact) mass is 335 g/mol. The minimum atomic E-state index is 0.106. The first kappa shape index (κ1) is 18.2. The summed E-state index contributed by atoms with van der Waals surface area (Å²) in [6.45, 7) is 8.55. The number of nitrogens with zero attached hydrogens (tertiary/aromatic N) is 1. The largest absolute Gasteiger partial charge is 0.303 e. The van der Waals surface area contributed by atoms with Crippen molar-refractivity contribution in [3.05, 3.63) is 71.8 Å². The third kappa shape index (κ3) is 3.98. The van der Waals surface area contributed by atoms with Crippen LogP contribution in [-0.2, 0) is 5.41 Å². The molecule has 0 aromatic heterocycles. The Hall–Kier alpha value is -1.60. The maximum atomic E-state index is 2.70. The second kappa shape index (κ2) is 8.67. The number of hydrogen-bond donors (Lipinski definition) is 0. The summed E-state index contributed by atoms with van der Waals surface area (Å²) in [5.41, 5.74) is 3.06. The Labute approximate surface area is 154 Å². The summed E-state index contributed by atoms with van der Waals surface area (Å²) in [6.07, 6.45) is 6.54. The summed E-state index contributed by atoms with van der Waals surface area (Å²) >= 11 is 0. The molecule has 1 heteroatoms. The van der Waals surface area contributed by atoms with Gasteiger partial charge < -0.3 is 4.90 Å². The Morgan fingerprint density at radius 2 is 1.36 bits per heavy atom. The minimum absolute atomic E-state index is 0.106. The lowest BCUT2D eigenvalue weighted by Crippen LogP contribution is -2.43. The SMILES string of the molecule is CCCC(c1ccccc1)(c1ccccc1)C(C)CN1CCCCC1. The van der Waals surface area contributed by atoms with Gasteiger partial charge in [0.15, 0.2) is 0 Å². The molecule has 0 saturated carbocycles. The van der Waals surface area contributed by atoms with Crippen molar-refractivity contribution in [2.75, 3.05) is 19.6 Å². The van der Waals surface area contributed by atoms with E-state index in [1.165, 1.54) is 62.9 Å². The van der Waals surface area contributed by atoms with Gasteiger partial charge in [-0.25, -0.2) is 0 Å². The lowest BCUT2D eigenvalue weighted by molar-refractivity contribution is 0.164. The van der Waals surface area contributed by atoms with Crippen molar-refractivity contribution in [1.29, 1.82) is 0 Å². The van der Waals surface area contributed by atoms with Crippen molar-refractivity contribution < 1.29 is 0 Å². The van der Waals surface area contributed by atoms with Crippen LogP contribution in [0.2, 0.25) is 0 Å². The average molecular weight is 336 g/mol. The van der Waals surface area contributed by atoms with Crippen LogP contribution < -0.4 is 0 Å². The van der Waals surface area contributed by atoms with Gasteiger partial charge in [0.2, 0.25) is 0 Å². The van der Waals surface area contributed by atoms with Crippen molar-refractivity contribution in [3.8, 4) is 0 Å². The minimum Gasteiger partial charge on any atom is -0.303 e. The molecule has 2 aromatic rings. The predicted molar refractivity (Wildman–Crippen MR) is 108 cm³/mol. The van der Waals surface area contributed by atoms with E-state index in [9.17, 15) is 0 Å². The number of rotatable bonds is 7. The van der Waals surface area contributed by atoms with E-state index >= 15 is 0 Å². The average Bonchev–Trinajstić information content (AvgIpc) is 2.68. The highest BCUT2D eigenvalue weighted by molar-refractivity contribution is 5.40. The predicted octanol–water partition coefficient (Wildman–Crippen LogP) is 5.89. The molecule has 0 N–H and O–H groups in total. The molecule has 1 atom stereocenters. The Morgan fingerprint density at radius 3 is 1.84 bits per heavy atom. The van der Waals surface area contributed by atoms with Gasteiger partial charge in [-0.05, 0) is 49.4 Å². The van der Waals surface area contributed by atoms with Crippen molar-refractivity contribution >= 4 is 0 Å². The van der Waals surface area contributed by atoms with Gasteiger partial charge in [-0.1, -0.05) is 87.4 Å². The van der Waals surface area contributed by atoms with Crippen molar-refractivity contribution in [1.82, 2.24) is 4.90 Å². The third-order valence-corrected chi connectivity index (χ3v) is 6.04. The lowest BCUT2D eigenvalue weighted by atomic mass is 9.63. The second-order valence-electron chi connectivity index (χ2n) is 7.72. The fraction of sp³-hybridized carbons (Fsp3) is 0.500. The van der Waals surface area contributed by atoms with Crippen molar-refractivity contribution in [3.63, 3.8) is 0 Å². The fourth-order valence-corrected chi connectivity index (χ4v) is 4.82. The molecule has 1 aliphatic heterocycles. The highest BCUT2D eigenvalue weighted by atomic mass is 15.1. The van der Waals surface area contributed by atoms with Crippen LogP contribution in [0.1, 0.15) is 57.1 Å². The molecule has 0 radical (unpaired) electrons. The molecule has 0 amide bonds. The summed E-state index contributed by atoms with van der Waals surface area (Å²) in [6, 6.07) is 22.5. The van der Waals surface area contributed by atoms with Crippen LogP contribution in [0.3, 0.4) is 0 Å². The number of benzene rings is 2. The topological polar surface area (TPSA) is 3.24 Å². The van der Waals surface area contributed by atoms with Crippen molar-refractivity contribution in [2.45, 2.75) is 51.4 Å². The Kier molecular flexibility index (Phi) is 6.31. The zero-order valence-electron chi connectivity index (χ0n) is 16.0. The maximum Gasteiger partial charge on any atom is 0.0240 e. The zero-order valence-corrected chi connectivity index (χ0v) is 16.0. The smallest absolute Gasteiger partial charge is 0.0240 e. The quantitative estimate of drug-likeness (QED) is 0.609. The van der Waals surface area contributed by atoms with Crippen LogP contribution in [0.25, 0.3) is 0 Å². The lowest BCUT2D eigenvalue weighted by Gasteiger charge is -2.43. The van der Waals surface area contributed by atoms with Crippen LogP contribution in [-0.4, -0.2) is 24.5 Å². The van der Waals surface area contributed by atoms with E-state index in [0.717, 1.165) is 0 Å². The van der Waals surface area contributed by atoms with Crippen LogP contribution in [0.5, 0.6) is 0 Å².